The average Bonchev–Trinajstić information content (AvgIpc) is 2.96. The van der Waals surface area contributed by atoms with Crippen molar-refractivity contribution in [2.45, 2.75) is 103 Å². The molecule has 0 saturated carbocycles. The van der Waals surface area contributed by atoms with E-state index in [9.17, 15) is 39.5 Å². The zero-order valence-corrected chi connectivity index (χ0v) is 40.6. The molecule has 0 bridgehead atoms. The first kappa shape index (κ1) is 104. The molecule has 0 aliphatic heterocycles. The van der Waals surface area contributed by atoms with E-state index in [0.717, 1.165) is 32.1 Å². The van der Waals surface area contributed by atoms with Crippen molar-refractivity contribution >= 4 is 47.6 Å². The maximum Gasteiger partial charge on any atom is 1.00 e. The number of rotatable bonds is 1. The molecule has 5 nitrogen and oxygen atoms in total. The summed E-state index contributed by atoms with van der Waals surface area (Å²) in [5.41, 5.74) is -0.931. The van der Waals surface area contributed by atoms with Crippen LogP contribution >= 0.6 is 32.9 Å². The molecule has 0 aromatic heterocycles. The fourth-order valence-electron chi connectivity index (χ4n) is 0. The minimum atomic E-state index is -2.91. The molecule has 0 heterocycles. The fourth-order valence-corrected chi connectivity index (χ4v) is 0. The Kier molecular flexibility index (Phi) is 225. The number of ether oxygens (including phenoxy) is 1. The van der Waals surface area contributed by atoms with E-state index in [2.05, 4.69) is 50.8 Å². The van der Waals surface area contributed by atoms with Gasteiger partial charge in [-0.1, -0.05) is 42.6 Å². The van der Waals surface area contributed by atoms with Crippen LogP contribution in [0.2, 0.25) is 0 Å². The van der Waals surface area contributed by atoms with Crippen molar-refractivity contribution in [1.82, 2.24) is 0 Å². The van der Waals surface area contributed by atoms with Crippen LogP contribution in [0.4, 0.5) is 39.5 Å². The van der Waals surface area contributed by atoms with Gasteiger partial charge in [0.2, 0.25) is 0 Å². The van der Waals surface area contributed by atoms with Gasteiger partial charge in [0.05, 0.1) is 0 Å². The Bertz CT molecular complexity index is 720. The maximum atomic E-state index is 11.3. The first-order valence-electron chi connectivity index (χ1n) is 13.0. The van der Waals surface area contributed by atoms with E-state index in [1.807, 2.05) is 41.5 Å². The first-order chi connectivity index (χ1) is 21.0. The minimum Gasteiger partial charge on any atom is -1.00 e. The number of carbonyl (C=O) groups excluding carboxylic acids is 1. The summed E-state index contributed by atoms with van der Waals surface area (Å²) in [7, 11) is 1.68. The molecule has 0 aromatic rings. The zero-order chi connectivity index (χ0) is 40.3. The predicted molar refractivity (Wildman–Crippen MR) is 199 cm³/mol. The van der Waals surface area contributed by atoms with Gasteiger partial charge >= 0.3 is 77.4 Å². The van der Waals surface area contributed by atoms with E-state index in [0.29, 0.717) is 6.92 Å². The van der Waals surface area contributed by atoms with Gasteiger partial charge in [-0.05, 0) is 76.2 Å². The van der Waals surface area contributed by atoms with Crippen LogP contribution in [0.15, 0.2) is 35.7 Å². The summed E-state index contributed by atoms with van der Waals surface area (Å²) < 4.78 is 101. The standard InChI is InChI=1S/C5H8O.C4H6F2.C4H6.C3H3F3.C3H8O.C3H4.C2H5Br.C2F4.C2H6O.C2H4O.C2H6.B.BrH.2Na.H2O.H/c1-4-5(2,3)6;1-3(5)4(2)6;1-3-4-2;1-2(4)3(5)6;1-3-4-2;1-3-2;1-2-3;3-1(4)2(5)6;2*1-2-3;1-2;;;;;;/h1,6H,2-3H3;1-2H3;1-2H3;1H3;3H2,1-2H3;1H,2H3;2H2,1H3;;3H,2H2,1H3;2H,1H3;1-2H3;;1H;;;1H2;/q;;;;;;;;;;;;;2*+1;;-1/p-1/b;4-3+;;;;;;;;;;;;;;;. The number of hydrogen-bond donors (Lipinski definition) is 2. The average molecular weight is 911 g/mol. The normalized spacial score (nSPS) is 6.84. The van der Waals surface area contributed by atoms with Crippen LogP contribution in [0.25, 0.3) is 0 Å². The van der Waals surface area contributed by atoms with Gasteiger partial charge in [-0.15, -0.1) is 47.6 Å². The van der Waals surface area contributed by atoms with Gasteiger partial charge < -0.3 is 26.6 Å². The van der Waals surface area contributed by atoms with Crippen molar-refractivity contribution in [2.75, 3.05) is 25.7 Å². The Labute approximate surface area is 370 Å². The zero-order valence-electron chi connectivity index (χ0n) is 34.3. The summed E-state index contributed by atoms with van der Waals surface area (Å²) in [5.74, 6) is 6.88. The van der Waals surface area contributed by atoms with Gasteiger partial charge in [-0.2, -0.15) is 26.3 Å². The van der Waals surface area contributed by atoms with E-state index in [1.165, 1.54) is 6.92 Å². The third kappa shape index (κ3) is 403. The largest absolute Gasteiger partial charge is 1.00 e. The molecule has 0 aliphatic rings. The van der Waals surface area contributed by atoms with Crippen LogP contribution in [-0.4, -0.2) is 61.6 Å². The smallest absolute Gasteiger partial charge is 1.00 e. The number of hydrogen-bond acceptors (Lipinski definition) is 5. The van der Waals surface area contributed by atoms with Gasteiger partial charge in [-0.25, -0.2) is 13.2 Å². The molecular formula is C32H59BBr2F9Na2O5. The quantitative estimate of drug-likeness (QED) is 0.115. The number of carbonyl (C=O) groups is 1. The molecule has 0 spiro atoms. The van der Waals surface area contributed by atoms with Crippen LogP contribution in [0.5, 0.6) is 0 Å². The van der Waals surface area contributed by atoms with Crippen LogP contribution in [0, 0.1) is 36.5 Å². The van der Waals surface area contributed by atoms with Crippen molar-refractivity contribution in [3.05, 3.63) is 35.7 Å². The third-order valence-electron chi connectivity index (χ3n) is 1.77. The van der Waals surface area contributed by atoms with Gasteiger partial charge in [0.1, 0.15) is 23.5 Å². The minimum absolute atomic E-state index is 0. The van der Waals surface area contributed by atoms with Crippen molar-refractivity contribution in [2.24, 2.45) is 0 Å². The molecule has 299 valence electrons. The van der Waals surface area contributed by atoms with Crippen molar-refractivity contribution < 1.29 is 125 Å². The number of terminal acetylenes is 2. The Morgan fingerprint density at radius 2 is 0.922 bits per heavy atom. The Hall–Kier alpha value is -0.195. The molecule has 0 amide bonds. The Balaban J connectivity index is -0.0000000173. The maximum absolute atomic E-state index is 11.3. The molecule has 0 aromatic carbocycles. The molecule has 0 aliphatic carbocycles. The second kappa shape index (κ2) is 110. The Morgan fingerprint density at radius 3 is 0.922 bits per heavy atom. The molecule has 0 atom stereocenters. The van der Waals surface area contributed by atoms with Crippen LogP contribution in [-0.2, 0) is 9.53 Å². The van der Waals surface area contributed by atoms with Gasteiger partial charge in [0.25, 0.3) is 0 Å². The molecule has 3 N–H and O–H groups in total. The molecule has 0 fully saturated rings. The van der Waals surface area contributed by atoms with Crippen LogP contribution in [0.3, 0.4) is 0 Å². The summed E-state index contributed by atoms with van der Waals surface area (Å²) >= 11 is 3.15. The van der Waals surface area contributed by atoms with E-state index >= 15 is 0 Å². The summed E-state index contributed by atoms with van der Waals surface area (Å²) in [6.07, 6.45) is 2.10. The van der Waals surface area contributed by atoms with Gasteiger partial charge in [0, 0.05) is 34.1 Å². The second-order valence-corrected chi connectivity index (χ2v) is 7.39. The van der Waals surface area contributed by atoms with E-state index < -0.39 is 41.3 Å². The van der Waals surface area contributed by atoms with Crippen molar-refractivity contribution in [3.8, 4) is 36.5 Å². The summed E-state index contributed by atoms with van der Waals surface area (Å²) in [4.78, 5) is 8.81. The van der Waals surface area contributed by atoms with E-state index in [1.54, 1.807) is 34.8 Å². The molecule has 0 saturated heterocycles. The number of halogens is 11. The van der Waals surface area contributed by atoms with Crippen molar-refractivity contribution in [3.63, 3.8) is 0 Å². The number of alkyl halides is 1. The number of methoxy groups -OCH3 is 1. The number of allylic oxidation sites excluding steroid dienone is 3. The Morgan fingerprint density at radius 1 is 0.804 bits per heavy atom. The van der Waals surface area contributed by atoms with Gasteiger partial charge in [0.15, 0.2) is 5.83 Å². The third-order valence-corrected chi connectivity index (χ3v) is 1.77. The molecule has 3 radical (unpaired) electrons. The second-order valence-electron chi connectivity index (χ2n) is 6.27. The SMILES string of the molecule is Br.C#CC.C#CC(C)(C)O.C/C(F)=C(/C)F.CC.CC#CC.CC(F)=C(F)F.CC=O.CCBr.CCO.CCOC.FC(F)=C(F)F.[B].[H-].[Na+].[Na+].[OH-]. The molecule has 19 heteroatoms. The summed E-state index contributed by atoms with van der Waals surface area (Å²) in [6.45, 7) is 23.5. The number of aliphatic hydroxyl groups is 2. The first-order valence-corrected chi connectivity index (χ1v) is 14.1. The predicted octanol–water partition coefficient (Wildman–Crippen LogP) is 5.74. The van der Waals surface area contributed by atoms with Crippen LogP contribution < -0.4 is 59.1 Å². The monoisotopic (exact) mass is 909 g/mol. The molecule has 0 unspecified atom stereocenters. The van der Waals surface area contributed by atoms with Crippen LogP contribution in [0.1, 0.15) is 98.4 Å². The summed E-state index contributed by atoms with van der Waals surface area (Å²) in [6, 6.07) is 0. The van der Waals surface area contributed by atoms with E-state index in [4.69, 9.17) is 21.4 Å². The summed E-state index contributed by atoms with van der Waals surface area (Å²) in [5, 5.41) is 17.2. The van der Waals surface area contributed by atoms with Crippen molar-refractivity contribution in [1.29, 1.82) is 0 Å². The number of aliphatic hydroxyl groups excluding tert-OH is 1. The molecule has 51 heavy (non-hydrogen) atoms. The molecular weight excluding hydrogens is 852 g/mol. The fraction of sp³-hybridized carbons (Fsp3) is 0.594. The van der Waals surface area contributed by atoms with Gasteiger partial charge in [-0.3, -0.25) is 0 Å². The van der Waals surface area contributed by atoms with E-state index in [-0.39, 0.29) is 98.0 Å². The topological polar surface area (TPSA) is 96.8 Å². The molecule has 0 rings (SSSR count). The number of aldehydes is 1.